The highest BCUT2D eigenvalue weighted by Crippen LogP contribution is 2.30. The normalized spacial score (nSPS) is 10.7. The molecule has 3 aromatic carbocycles. The van der Waals surface area contributed by atoms with Gasteiger partial charge in [0.25, 0.3) is 0 Å². The van der Waals surface area contributed by atoms with Gasteiger partial charge in [0.05, 0.1) is 23.1 Å². The summed E-state index contributed by atoms with van der Waals surface area (Å²) < 4.78 is 0. The first-order chi connectivity index (χ1) is 15.4. The number of nitrogens with zero attached hydrogens (tertiary/aromatic N) is 3. The Kier molecular flexibility index (Phi) is 5.22. The van der Waals surface area contributed by atoms with Gasteiger partial charge in [0, 0.05) is 23.7 Å². The van der Waals surface area contributed by atoms with Crippen LogP contribution in [-0.4, -0.2) is 15.0 Å². The molecule has 150 valence electrons. The Hall–Kier alpha value is -4.25. The predicted molar refractivity (Wildman–Crippen MR) is 126 cm³/mol. The van der Waals surface area contributed by atoms with Crippen LogP contribution in [0.4, 0.5) is 17.2 Å². The fourth-order valence-corrected chi connectivity index (χ4v) is 3.45. The molecule has 5 rings (SSSR count). The lowest BCUT2D eigenvalue weighted by Gasteiger charge is -2.15. The lowest BCUT2D eigenvalue weighted by molar-refractivity contribution is 1.14. The standard InChI is InChI=1S/C26H21N5/c1-3-9-19(10-4-1)17-28-24-18-27-16-15-23(24)30-26-21-13-7-8-14-22(21)29-25(31-26)20-11-5-2-6-12-20/h1-16,18,28H,17H2,(H,27,29,30,31). The Morgan fingerprint density at radius 3 is 2.26 bits per heavy atom. The van der Waals surface area contributed by atoms with Crippen LogP contribution < -0.4 is 10.6 Å². The van der Waals surface area contributed by atoms with Crippen LogP contribution in [0.15, 0.2) is 103 Å². The second-order valence-electron chi connectivity index (χ2n) is 7.16. The highest BCUT2D eigenvalue weighted by molar-refractivity contribution is 5.93. The van der Waals surface area contributed by atoms with Gasteiger partial charge in [0.1, 0.15) is 5.82 Å². The van der Waals surface area contributed by atoms with Gasteiger partial charge < -0.3 is 10.6 Å². The van der Waals surface area contributed by atoms with Crippen molar-refractivity contribution in [2.75, 3.05) is 10.6 Å². The van der Waals surface area contributed by atoms with Crippen molar-refractivity contribution in [3.05, 3.63) is 109 Å². The van der Waals surface area contributed by atoms with E-state index >= 15 is 0 Å². The van der Waals surface area contributed by atoms with Gasteiger partial charge in [-0.2, -0.15) is 0 Å². The molecule has 0 fully saturated rings. The average Bonchev–Trinajstić information content (AvgIpc) is 2.84. The van der Waals surface area contributed by atoms with E-state index in [1.54, 1.807) is 6.20 Å². The molecule has 0 aliphatic heterocycles. The van der Waals surface area contributed by atoms with Crippen LogP contribution in [0.5, 0.6) is 0 Å². The summed E-state index contributed by atoms with van der Waals surface area (Å²) in [5, 5.41) is 7.95. The number of para-hydroxylation sites is 1. The first-order valence-electron chi connectivity index (χ1n) is 10.2. The topological polar surface area (TPSA) is 62.7 Å². The summed E-state index contributed by atoms with van der Waals surface area (Å²) in [7, 11) is 0. The van der Waals surface area contributed by atoms with Crippen LogP contribution in [0, 0.1) is 0 Å². The summed E-state index contributed by atoms with van der Waals surface area (Å²) in [6.45, 7) is 0.709. The first-order valence-corrected chi connectivity index (χ1v) is 10.2. The molecule has 0 spiro atoms. The number of hydrogen-bond donors (Lipinski definition) is 2. The SMILES string of the molecule is c1ccc(CNc2cnccc2Nc2nc(-c3ccccc3)nc3ccccc23)cc1. The zero-order chi connectivity index (χ0) is 20.9. The summed E-state index contributed by atoms with van der Waals surface area (Å²) in [5.41, 5.74) is 4.90. The molecule has 0 unspecified atom stereocenters. The minimum Gasteiger partial charge on any atom is -0.378 e. The molecular formula is C26H21N5. The molecule has 2 heterocycles. The molecule has 0 saturated heterocycles. The summed E-state index contributed by atoms with van der Waals surface area (Å²) in [4.78, 5) is 13.9. The van der Waals surface area contributed by atoms with Gasteiger partial charge in [-0.3, -0.25) is 4.98 Å². The van der Waals surface area contributed by atoms with Crippen LogP contribution >= 0.6 is 0 Å². The highest BCUT2D eigenvalue weighted by atomic mass is 15.1. The van der Waals surface area contributed by atoms with Gasteiger partial charge in [-0.15, -0.1) is 0 Å². The Morgan fingerprint density at radius 1 is 0.677 bits per heavy atom. The molecule has 0 radical (unpaired) electrons. The zero-order valence-electron chi connectivity index (χ0n) is 16.9. The van der Waals surface area contributed by atoms with Gasteiger partial charge in [0.2, 0.25) is 0 Å². The van der Waals surface area contributed by atoms with E-state index in [0.29, 0.717) is 12.4 Å². The predicted octanol–water partition coefficient (Wildman–Crippen LogP) is 6.05. The largest absolute Gasteiger partial charge is 0.378 e. The maximum Gasteiger partial charge on any atom is 0.162 e. The number of hydrogen-bond acceptors (Lipinski definition) is 5. The minimum atomic E-state index is 0.689. The summed E-state index contributed by atoms with van der Waals surface area (Å²) in [5.74, 6) is 1.45. The quantitative estimate of drug-likeness (QED) is 0.361. The molecule has 0 amide bonds. The second-order valence-corrected chi connectivity index (χ2v) is 7.16. The number of fused-ring (bicyclic) bond motifs is 1. The monoisotopic (exact) mass is 403 g/mol. The molecule has 5 heteroatoms. The molecule has 31 heavy (non-hydrogen) atoms. The Balaban J connectivity index is 1.51. The number of anilines is 3. The van der Waals surface area contributed by atoms with Gasteiger partial charge in [-0.1, -0.05) is 72.8 Å². The molecule has 5 aromatic rings. The van der Waals surface area contributed by atoms with E-state index in [2.05, 4.69) is 27.8 Å². The second kappa shape index (κ2) is 8.63. The van der Waals surface area contributed by atoms with Crippen molar-refractivity contribution < 1.29 is 0 Å². The van der Waals surface area contributed by atoms with Crippen LogP contribution in [-0.2, 0) is 6.54 Å². The van der Waals surface area contributed by atoms with Gasteiger partial charge >= 0.3 is 0 Å². The third kappa shape index (κ3) is 4.21. The fraction of sp³-hybridized carbons (Fsp3) is 0.0385. The van der Waals surface area contributed by atoms with E-state index < -0.39 is 0 Å². The third-order valence-electron chi connectivity index (χ3n) is 5.04. The van der Waals surface area contributed by atoms with E-state index in [-0.39, 0.29) is 0 Å². The van der Waals surface area contributed by atoms with Crippen molar-refractivity contribution >= 4 is 28.1 Å². The molecule has 0 aliphatic carbocycles. The van der Waals surface area contributed by atoms with E-state index in [1.807, 2.05) is 85.1 Å². The lowest BCUT2D eigenvalue weighted by atomic mass is 10.2. The average molecular weight is 403 g/mol. The van der Waals surface area contributed by atoms with Crippen molar-refractivity contribution in [2.45, 2.75) is 6.54 Å². The number of nitrogens with one attached hydrogen (secondary N) is 2. The Labute approximate surface area is 180 Å². The fourth-order valence-electron chi connectivity index (χ4n) is 3.45. The van der Waals surface area contributed by atoms with Crippen molar-refractivity contribution in [2.24, 2.45) is 0 Å². The van der Waals surface area contributed by atoms with E-state index in [0.717, 1.165) is 33.7 Å². The smallest absolute Gasteiger partial charge is 0.162 e. The zero-order valence-corrected chi connectivity index (χ0v) is 16.9. The van der Waals surface area contributed by atoms with E-state index in [4.69, 9.17) is 9.97 Å². The molecule has 5 nitrogen and oxygen atoms in total. The maximum atomic E-state index is 4.86. The summed E-state index contributed by atoms with van der Waals surface area (Å²) in [6.07, 6.45) is 3.60. The molecule has 0 aliphatic rings. The van der Waals surface area contributed by atoms with E-state index in [1.165, 1.54) is 5.56 Å². The number of aromatic nitrogens is 3. The molecule has 2 aromatic heterocycles. The first kappa shape index (κ1) is 18.8. The molecule has 2 N–H and O–H groups in total. The molecule has 0 saturated carbocycles. The van der Waals surface area contributed by atoms with E-state index in [9.17, 15) is 0 Å². The third-order valence-corrected chi connectivity index (χ3v) is 5.04. The maximum absolute atomic E-state index is 4.86. The van der Waals surface area contributed by atoms with Crippen LogP contribution in [0.25, 0.3) is 22.3 Å². The van der Waals surface area contributed by atoms with Crippen LogP contribution in [0.3, 0.4) is 0 Å². The molecule has 0 atom stereocenters. The molecular weight excluding hydrogens is 382 g/mol. The summed E-state index contributed by atoms with van der Waals surface area (Å²) in [6, 6.07) is 30.3. The highest BCUT2D eigenvalue weighted by Gasteiger charge is 2.11. The van der Waals surface area contributed by atoms with Crippen molar-refractivity contribution in [1.82, 2.24) is 15.0 Å². The van der Waals surface area contributed by atoms with Gasteiger partial charge in [-0.25, -0.2) is 9.97 Å². The minimum absolute atomic E-state index is 0.689. The molecule has 0 bridgehead atoms. The number of benzene rings is 3. The summed E-state index contributed by atoms with van der Waals surface area (Å²) >= 11 is 0. The van der Waals surface area contributed by atoms with Crippen LogP contribution in [0.2, 0.25) is 0 Å². The van der Waals surface area contributed by atoms with Gasteiger partial charge in [0.15, 0.2) is 5.82 Å². The van der Waals surface area contributed by atoms with Crippen molar-refractivity contribution in [3.8, 4) is 11.4 Å². The van der Waals surface area contributed by atoms with Gasteiger partial charge in [-0.05, 0) is 23.8 Å². The Bertz CT molecular complexity index is 1300. The number of pyridine rings is 1. The van der Waals surface area contributed by atoms with Crippen molar-refractivity contribution in [1.29, 1.82) is 0 Å². The van der Waals surface area contributed by atoms with Crippen LogP contribution in [0.1, 0.15) is 5.56 Å². The lowest BCUT2D eigenvalue weighted by Crippen LogP contribution is -2.05. The van der Waals surface area contributed by atoms with Crippen molar-refractivity contribution in [3.63, 3.8) is 0 Å². The Morgan fingerprint density at radius 2 is 1.42 bits per heavy atom. The number of rotatable bonds is 6.